The Balaban J connectivity index is 0.000000269. The maximum absolute atomic E-state index is 7.62. The van der Waals surface area contributed by atoms with Gasteiger partial charge in [0, 0.05) is 47.7 Å². The largest absolute Gasteiger partial charge is 0.486 e. The van der Waals surface area contributed by atoms with Crippen LogP contribution in [0.2, 0.25) is 0 Å². The fourth-order valence-corrected chi connectivity index (χ4v) is 5.06. The molecule has 1 radical (unpaired) electrons. The summed E-state index contributed by atoms with van der Waals surface area (Å²) in [6.45, 7) is 1.98. The fourth-order valence-electron chi connectivity index (χ4n) is 5.06. The number of rotatable bonds is 5. The zero-order chi connectivity index (χ0) is 31.4. The minimum atomic E-state index is -2.28. The van der Waals surface area contributed by atoms with Crippen LogP contribution in [0.15, 0.2) is 114 Å². The van der Waals surface area contributed by atoms with E-state index in [1.807, 2.05) is 66.9 Å². The van der Waals surface area contributed by atoms with Crippen LogP contribution in [0.5, 0.6) is 0 Å². The van der Waals surface area contributed by atoms with Crippen molar-refractivity contribution in [2.75, 3.05) is 0 Å². The van der Waals surface area contributed by atoms with Gasteiger partial charge in [-0.1, -0.05) is 58.5 Å². The molecule has 0 saturated carbocycles. The van der Waals surface area contributed by atoms with Crippen molar-refractivity contribution in [2.24, 2.45) is 0 Å². The molecule has 215 valence electrons. The average Bonchev–Trinajstić information content (AvgIpc) is 3.44. The van der Waals surface area contributed by atoms with Crippen LogP contribution < -0.4 is 0 Å². The third kappa shape index (κ3) is 6.97. The van der Waals surface area contributed by atoms with E-state index in [4.69, 9.17) is 8.53 Å². The molecule has 0 saturated heterocycles. The summed E-state index contributed by atoms with van der Waals surface area (Å²) in [4.78, 5) is 13.0. The van der Waals surface area contributed by atoms with Crippen LogP contribution in [0.3, 0.4) is 0 Å². The molecule has 0 atom stereocenters. The minimum absolute atomic E-state index is 0. The van der Waals surface area contributed by atoms with Gasteiger partial charge in [0.2, 0.25) is 5.71 Å². The monoisotopic (exact) mass is 741 g/mol. The SMILES string of the molecule is [2H]C([2H])([2H])c1ccc2c(n1)oc1c(-c3cc(CCc4ccc(C)cc4C)ccn3)[c-]ccc12.[Ir].[c-]1ccccc1-c1ccccn1. The summed E-state index contributed by atoms with van der Waals surface area (Å²) >= 11 is 0. The van der Waals surface area contributed by atoms with Crippen LogP contribution in [-0.2, 0) is 32.9 Å². The Bertz CT molecular complexity index is 2040. The van der Waals surface area contributed by atoms with Crippen LogP contribution in [0.25, 0.3) is 44.6 Å². The normalized spacial score (nSPS) is 12.0. The van der Waals surface area contributed by atoms with E-state index < -0.39 is 6.85 Å². The first kappa shape index (κ1) is 26.2. The van der Waals surface area contributed by atoms with Gasteiger partial charge in [0.05, 0.1) is 5.58 Å². The summed E-state index contributed by atoms with van der Waals surface area (Å²) < 4.78 is 28.9. The molecule has 7 rings (SSSR count). The van der Waals surface area contributed by atoms with Crippen LogP contribution >= 0.6 is 0 Å². The average molecular weight is 741 g/mol. The molecule has 0 aliphatic carbocycles. The molecule has 0 bridgehead atoms. The molecule has 0 aliphatic heterocycles. The van der Waals surface area contributed by atoms with Gasteiger partial charge < -0.3 is 14.4 Å². The second kappa shape index (κ2) is 13.7. The van der Waals surface area contributed by atoms with Crippen molar-refractivity contribution in [1.29, 1.82) is 0 Å². The first-order chi connectivity index (χ1) is 21.8. The van der Waals surface area contributed by atoms with Crippen molar-refractivity contribution in [3.05, 3.63) is 150 Å². The number of hydrogen-bond donors (Lipinski definition) is 0. The summed E-state index contributed by atoms with van der Waals surface area (Å²) in [7, 11) is 0. The van der Waals surface area contributed by atoms with Gasteiger partial charge >= 0.3 is 0 Å². The van der Waals surface area contributed by atoms with Crippen molar-refractivity contribution in [1.82, 2.24) is 15.0 Å². The van der Waals surface area contributed by atoms with E-state index >= 15 is 0 Å². The van der Waals surface area contributed by atoms with Gasteiger partial charge in [-0.15, -0.1) is 54.1 Å². The zero-order valence-electron chi connectivity index (χ0n) is 26.9. The van der Waals surface area contributed by atoms with Crippen molar-refractivity contribution >= 4 is 22.1 Å². The molecular weight excluding hydrogens is 707 g/mol. The minimum Gasteiger partial charge on any atom is -0.486 e. The van der Waals surface area contributed by atoms with Gasteiger partial charge in [0.15, 0.2) is 0 Å². The molecule has 0 amide bonds. The Morgan fingerprint density at radius 3 is 2.44 bits per heavy atom. The topological polar surface area (TPSA) is 51.8 Å². The number of aromatic nitrogens is 3. The van der Waals surface area contributed by atoms with Gasteiger partial charge in [-0.25, -0.2) is 4.98 Å². The number of furan rings is 1. The molecule has 4 heterocycles. The Kier molecular flexibility index (Phi) is 8.34. The number of benzene rings is 3. The van der Waals surface area contributed by atoms with E-state index in [1.54, 1.807) is 12.3 Å². The first-order valence-electron chi connectivity index (χ1n) is 15.4. The van der Waals surface area contributed by atoms with Crippen LogP contribution in [0.1, 0.15) is 32.1 Å². The summed E-state index contributed by atoms with van der Waals surface area (Å²) in [5.41, 5.74) is 9.59. The van der Waals surface area contributed by atoms with Crippen molar-refractivity contribution in [2.45, 2.75) is 33.5 Å². The van der Waals surface area contributed by atoms with E-state index in [0.717, 1.165) is 46.1 Å². The molecule has 4 aromatic heterocycles. The van der Waals surface area contributed by atoms with Crippen molar-refractivity contribution in [3.63, 3.8) is 0 Å². The standard InChI is InChI=1S/C27H23N2O.C11H8N.Ir/c1-17-7-10-21(18(2)15-17)11-9-20-13-14-28-25(16-20)24-6-4-5-22-23-12-8-19(3)29-27(23)30-26(22)24;1-2-6-10(7-3-1)11-8-4-5-9-12-11;/h4-5,7-8,10,12-16H,9,11H2,1-3H3;1-6,8-9H;/q2*-1;/i3D3;;. The molecule has 0 aliphatic rings. The number of fused-ring (bicyclic) bond motifs is 3. The van der Waals surface area contributed by atoms with Gasteiger partial charge in [-0.2, -0.15) is 0 Å². The third-order valence-corrected chi connectivity index (χ3v) is 7.21. The summed E-state index contributed by atoms with van der Waals surface area (Å²) in [5.74, 6) is 0. The molecule has 5 heteroatoms. The Hall–Kier alpha value is -4.44. The van der Waals surface area contributed by atoms with E-state index in [-0.39, 0.29) is 25.8 Å². The number of nitrogens with zero attached hydrogens (tertiary/aromatic N) is 3. The number of pyridine rings is 3. The Labute approximate surface area is 270 Å². The maximum atomic E-state index is 7.62. The van der Waals surface area contributed by atoms with Gasteiger partial charge in [0.25, 0.3) is 0 Å². The fraction of sp³-hybridized carbons (Fsp3) is 0.132. The first-order valence-corrected chi connectivity index (χ1v) is 13.9. The van der Waals surface area contributed by atoms with Gasteiger partial charge in [0.1, 0.15) is 0 Å². The van der Waals surface area contributed by atoms with E-state index in [2.05, 4.69) is 65.2 Å². The van der Waals surface area contributed by atoms with E-state index in [0.29, 0.717) is 11.3 Å². The van der Waals surface area contributed by atoms with Crippen LogP contribution in [-0.4, -0.2) is 15.0 Å². The maximum Gasteiger partial charge on any atom is 0.216 e. The summed E-state index contributed by atoms with van der Waals surface area (Å²) in [5, 5.41) is 1.64. The van der Waals surface area contributed by atoms with Crippen LogP contribution in [0.4, 0.5) is 0 Å². The predicted octanol–water partition coefficient (Wildman–Crippen LogP) is 9.10. The quantitative estimate of drug-likeness (QED) is 0.165. The molecule has 0 unspecified atom stereocenters. The predicted molar refractivity (Wildman–Crippen MR) is 170 cm³/mol. The molecule has 0 spiro atoms. The second-order valence-corrected chi connectivity index (χ2v) is 10.2. The molecule has 3 aromatic carbocycles. The molecular formula is C38H31IrN3O-2. The number of aryl methyl sites for hydroxylation is 5. The van der Waals surface area contributed by atoms with Gasteiger partial charge in [-0.3, -0.25) is 0 Å². The second-order valence-electron chi connectivity index (χ2n) is 10.2. The van der Waals surface area contributed by atoms with Gasteiger partial charge in [-0.05, 0) is 80.3 Å². The van der Waals surface area contributed by atoms with Crippen molar-refractivity contribution < 1.29 is 28.6 Å². The smallest absolute Gasteiger partial charge is 0.216 e. The molecule has 4 nitrogen and oxygen atoms in total. The molecule has 43 heavy (non-hydrogen) atoms. The summed E-state index contributed by atoms with van der Waals surface area (Å²) in [6.07, 6.45) is 5.46. The van der Waals surface area contributed by atoms with Crippen LogP contribution in [0, 0.1) is 32.8 Å². The zero-order valence-corrected chi connectivity index (χ0v) is 26.3. The van der Waals surface area contributed by atoms with E-state index in [9.17, 15) is 0 Å². The Morgan fingerprint density at radius 2 is 1.65 bits per heavy atom. The molecule has 0 N–H and O–H groups in total. The van der Waals surface area contributed by atoms with Crippen molar-refractivity contribution in [3.8, 4) is 22.5 Å². The number of hydrogen-bond acceptors (Lipinski definition) is 4. The molecule has 0 fully saturated rings. The summed E-state index contributed by atoms with van der Waals surface area (Å²) in [6, 6.07) is 37.8. The Morgan fingerprint density at radius 1 is 0.767 bits per heavy atom. The molecule has 7 aromatic rings. The van der Waals surface area contributed by atoms with E-state index in [1.165, 1.54) is 28.3 Å². The third-order valence-electron chi connectivity index (χ3n) is 7.21.